The Morgan fingerprint density at radius 2 is 1.77 bits per heavy atom. The van der Waals surface area contributed by atoms with Crippen LogP contribution in [-0.4, -0.2) is 56.4 Å². The molecule has 1 unspecified atom stereocenters. The van der Waals surface area contributed by atoms with Crippen molar-refractivity contribution in [2.75, 3.05) is 19.6 Å². The molecular weight excluding hydrogens is 378 g/mol. The quantitative estimate of drug-likeness (QED) is 0.825. The highest BCUT2D eigenvalue weighted by Crippen LogP contribution is 2.39. The molecule has 2 saturated heterocycles. The Labute approximate surface area is 176 Å². The summed E-state index contributed by atoms with van der Waals surface area (Å²) in [6.07, 6.45) is 6.55. The Balaban J connectivity index is 1.29. The van der Waals surface area contributed by atoms with E-state index >= 15 is 0 Å². The average molecular weight is 408 g/mol. The van der Waals surface area contributed by atoms with Crippen LogP contribution >= 0.6 is 0 Å². The number of H-pyrrole nitrogens is 1. The van der Waals surface area contributed by atoms with Gasteiger partial charge in [0, 0.05) is 37.9 Å². The SMILES string of the molecule is O=C(C(c1ccccc1)N1CCCCC1=O)N1CCC(c2nc(C3CC3)n[nH]2)CC1. The molecule has 0 spiro atoms. The van der Waals surface area contributed by atoms with Crippen LogP contribution in [0.25, 0.3) is 0 Å². The van der Waals surface area contributed by atoms with Crippen LogP contribution in [-0.2, 0) is 9.59 Å². The van der Waals surface area contributed by atoms with Crippen LogP contribution in [0.5, 0.6) is 0 Å². The first kappa shape index (κ1) is 19.3. The van der Waals surface area contributed by atoms with Crippen molar-refractivity contribution in [1.29, 1.82) is 0 Å². The van der Waals surface area contributed by atoms with Crippen molar-refractivity contribution in [1.82, 2.24) is 25.0 Å². The highest BCUT2D eigenvalue weighted by atomic mass is 16.2. The Morgan fingerprint density at radius 3 is 2.47 bits per heavy atom. The summed E-state index contributed by atoms with van der Waals surface area (Å²) in [5.74, 6) is 2.93. The minimum absolute atomic E-state index is 0.0474. The molecule has 7 heteroatoms. The van der Waals surface area contributed by atoms with E-state index in [0.29, 0.717) is 37.9 Å². The molecule has 2 aromatic rings. The van der Waals surface area contributed by atoms with Gasteiger partial charge in [-0.15, -0.1) is 0 Å². The zero-order valence-corrected chi connectivity index (χ0v) is 17.3. The number of hydrogen-bond acceptors (Lipinski definition) is 4. The Kier molecular flexibility index (Phi) is 5.27. The number of hydrogen-bond donors (Lipinski definition) is 1. The molecule has 1 atom stereocenters. The first-order valence-electron chi connectivity index (χ1n) is 11.3. The lowest BCUT2D eigenvalue weighted by molar-refractivity contribution is -0.148. The van der Waals surface area contributed by atoms with Crippen LogP contribution in [0.3, 0.4) is 0 Å². The fourth-order valence-corrected chi connectivity index (χ4v) is 4.73. The predicted octanol–water partition coefficient (Wildman–Crippen LogP) is 3.14. The average Bonchev–Trinajstić information content (AvgIpc) is 3.52. The molecule has 1 aromatic carbocycles. The number of aromatic nitrogens is 3. The second kappa shape index (κ2) is 8.20. The molecule has 7 nitrogen and oxygen atoms in total. The number of piperidine rings is 2. The van der Waals surface area contributed by atoms with Gasteiger partial charge in [-0.25, -0.2) is 4.98 Å². The smallest absolute Gasteiger partial charge is 0.250 e. The molecule has 1 saturated carbocycles. The van der Waals surface area contributed by atoms with Gasteiger partial charge in [-0.1, -0.05) is 30.3 Å². The van der Waals surface area contributed by atoms with Crippen LogP contribution in [0.15, 0.2) is 30.3 Å². The van der Waals surface area contributed by atoms with Crippen molar-refractivity contribution in [2.24, 2.45) is 0 Å². The number of nitrogens with zero attached hydrogens (tertiary/aromatic N) is 4. The Hall–Kier alpha value is -2.70. The predicted molar refractivity (Wildman–Crippen MR) is 112 cm³/mol. The van der Waals surface area contributed by atoms with E-state index in [4.69, 9.17) is 4.98 Å². The topological polar surface area (TPSA) is 82.2 Å². The highest BCUT2D eigenvalue weighted by molar-refractivity contribution is 5.89. The second-order valence-electron chi connectivity index (χ2n) is 8.81. The molecule has 0 bridgehead atoms. The number of amides is 2. The summed E-state index contributed by atoms with van der Waals surface area (Å²) in [5, 5.41) is 7.51. The van der Waals surface area contributed by atoms with E-state index in [1.54, 1.807) is 4.90 Å². The molecule has 0 radical (unpaired) electrons. The third-order valence-corrected chi connectivity index (χ3v) is 6.68. The molecule has 3 aliphatic rings. The Bertz CT molecular complexity index is 899. The zero-order valence-electron chi connectivity index (χ0n) is 17.3. The zero-order chi connectivity index (χ0) is 20.5. The number of benzene rings is 1. The summed E-state index contributed by atoms with van der Waals surface area (Å²) >= 11 is 0. The summed E-state index contributed by atoms with van der Waals surface area (Å²) in [6, 6.07) is 9.25. The molecule has 1 aliphatic carbocycles. The molecule has 3 fully saturated rings. The van der Waals surface area contributed by atoms with Crippen LogP contribution < -0.4 is 0 Å². The van der Waals surface area contributed by atoms with Crippen molar-refractivity contribution in [2.45, 2.75) is 62.8 Å². The lowest BCUT2D eigenvalue weighted by Gasteiger charge is -2.39. The number of aromatic amines is 1. The fraction of sp³-hybridized carbons (Fsp3) is 0.565. The first-order valence-corrected chi connectivity index (χ1v) is 11.3. The number of carbonyl (C=O) groups is 2. The molecule has 1 aromatic heterocycles. The maximum atomic E-state index is 13.6. The first-order chi connectivity index (χ1) is 14.7. The van der Waals surface area contributed by atoms with Gasteiger partial charge in [-0.05, 0) is 44.1 Å². The molecule has 2 aliphatic heterocycles. The van der Waals surface area contributed by atoms with E-state index in [0.717, 1.165) is 42.9 Å². The van der Waals surface area contributed by atoms with Gasteiger partial charge in [0.1, 0.15) is 11.9 Å². The fourth-order valence-electron chi connectivity index (χ4n) is 4.73. The lowest BCUT2D eigenvalue weighted by Crippen LogP contribution is -2.49. The largest absolute Gasteiger partial charge is 0.341 e. The summed E-state index contributed by atoms with van der Waals surface area (Å²) in [4.78, 5) is 34.7. The molecule has 1 N–H and O–H groups in total. The molecular formula is C23H29N5O2. The van der Waals surface area contributed by atoms with Crippen LogP contribution in [0.4, 0.5) is 0 Å². The van der Waals surface area contributed by atoms with Crippen molar-refractivity contribution < 1.29 is 9.59 Å². The number of rotatable bonds is 5. The minimum Gasteiger partial charge on any atom is -0.341 e. The van der Waals surface area contributed by atoms with E-state index in [1.807, 2.05) is 35.2 Å². The standard InChI is InChI=1S/C23H29N5O2/c29-19-8-4-5-13-28(19)20(16-6-2-1-3-7-16)23(30)27-14-11-18(12-15-27)22-24-21(25-26-22)17-9-10-17/h1-3,6-7,17-18,20H,4-5,8-15H2,(H,24,25,26). The van der Waals surface area contributed by atoms with Gasteiger partial charge in [0.2, 0.25) is 11.8 Å². The number of carbonyl (C=O) groups excluding carboxylic acids is 2. The third-order valence-electron chi connectivity index (χ3n) is 6.68. The van der Waals surface area contributed by atoms with Gasteiger partial charge >= 0.3 is 0 Å². The van der Waals surface area contributed by atoms with Crippen molar-refractivity contribution >= 4 is 11.8 Å². The van der Waals surface area contributed by atoms with Crippen molar-refractivity contribution in [3.05, 3.63) is 47.5 Å². The van der Waals surface area contributed by atoms with Gasteiger partial charge in [0.05, 0.1) is 0 Å². The summed E-state index contributed by atoms with van der Waals surface area (Å²) in [7, 11) is 0. The Morgan fingerprint density at radius 1 is 1.00 bits per heavy atom. The number of nitrogens with one attached hydrogen (secondary N) is 1. The maximum Gasteiger partial charge on any atom is 0.250 e. The minimum atomic E-state index is -0.512. The molecule has 158 valence electrons. The van der Waals surface area contributed by atoms with Gasteiger partial charge in [-0.2, -0.15) is 5.10 Å². The van der Waals surface area contributed by atoms with E-state index in [9.17, 15) is 9.59 Å². The molecule has 2 amide bonds. The monoisotopic (exact) mass is 407 g/mol. The van der Waals surface area contributed by atoms with Gasteiger partial charge in [0.25, 0.3) is 0 Å². The summed E-state index contributed by atoms with van der Waals surface area (Å²) in [5.41, 5.74) is 0.907. The summed E-state index contributed by atoms with van der Waals surface area (Å²) in [6.45, 7) is 2.03. The third kappa shape index (κ3) is 3.85. The van der Waals surface area contributed by atoms with Gasteiger partial charge < -0.3 is 9.80 Å². The van der Waals surface area contributed by atoms with Crippen LogP contribution in [0.1, 0.15) is 80.0 Å². The van der Waals surface area contributed by atoms with Crippen molar-refractivity contribution in [3.8, 4) is 0 Å². The molecule has 30 heavy (non-hydrogen) atoms. The van der Waals surface area contributed by atoms with Crippen molar-refractivity contribution in [3.63, 3.8) is 0 Å². The normalized spacial score (nSPS) is 21.7. The maximum absolute atomic E-state index is 13.6. The van der Waals surface area contributed by atoms with Crippen LogP contribution in [0.2, 0.25) is 0 Å². The second-order valence-corrected chi connectivity index (χ2v) is 8.81. The van der Waals surface area contributed by atoms with Crippen LogP contribution in [0, 0.1) is 0 Å². The molecule has 3 heterocycles. The van der Waals surface area contributed by atoms with Gasteiger partial charge in [-0.3, -0.25) is 14.7 Å². The van der Waals surface area contributed by atoms with E-state index in [2.05, 4.69) is 10.2 Å². The highest BCUT2D eigenvalue weighted by Gasteiger charge is 2.37. The molecule has 5 rings (SSSR count). The van der Waals surface area contributed by atoms with E-state index in [-0.39, 0.29) is 11.8 Å². The number of likely N-dealkylation sites (tertiary alicyclic amines) is 2. The van der Waals surface area contributed by atoms with E-state index < -0.39 is 6.04 Å². The lowest BCUT2D eigenvalue weighted by atomic mass is 9.94. The summed E-state index contributed by atoms with van der Waals surface area (Å²) < 4.78 is 0. The van der Waals surface area contributed by atoms with E-state index in [1.165, 1.54) is 12.8 Å². The van der Waals surface area contributed by atoms with Gasteiger partial charge in [0.15, 0.2) is 5.82 Å².